The number of carbonyl (C=O) groups is 4. The molecule has 2 saturated heterocycles. The SMILES string of the molecule is O=C(O)CC1(C(=O)O)NC(c2ccc(/C=C/c3ccccc3)cc2)C2C(=O)N(CCNc3ccccc3)C(=O)C21. The van der Waals surface area contributed by atoms with Crippen molar-refractivity contribution in [3.05, 3.63) is 102 Å². The van der Waals surface area contributed by atoms with Crippen LogP contribution < -0.4 is 10.6 Å². The highest BCUT2D eigenvalue weighted by Gasteiger charge is 2.68. The van der Waals surface area contributed by atoms with Crippen LogP contribution in [0.4, 0.5) is 5.69 Å². The van der Waals surface area contributed by atoms with Gasteiger partial charge in [-0.2, -0.15) is 0 Å². The van der Waals surface area contributed by atoms with Crippen LogP contribution >= 0.6 is 0 Å². The van der Waals surface area contributed by atoms with Crippen LogP contribution in [0, 0.1) is 11.8 Å². The molecule has 2 fully saturated rings. The van der Waals surface area contributed by atoms with Crippen LogP contribution in [0.1, 0.15) is 29.2 Å². The molecule has 3 aromatic carbocycles. The predicted octanol–water partition coefficient (Wildman–Crippen LogP) is 3.51. The van der Waals surface area contributed by atoms with Gasteiger partial charge >= 0.3 is 11.9 Å². The fourth-order valence-corrected chi connectivity index (χ4v) is 5.68. The lowest BCUT2D eigenvalue weighted by molar-refractivity contribution is -0.155. The average molecular weight is 540 g/mol. The lowest BCUT2D eigenvalue weighted by Gasteiger charge is -2.29. The number of anilines is 1. The summed E-state index contributed by atoms with van der Waals surface area (Å²) in [5.74, 6) is -6.44. The van der Waals surface area contributed by atoms with Crippen molar-refractivity contribution in [3.8, 4) is 0 Å². The van der Waals surface area contributed by atoms with Gasteiger partial charge in [0.2, 0.25) is 11.8 Å². The van der Waals surface area contributed by atoms with Crippen LogP contribution in [0.25, 0.3) is 12.2 Å². The van der Waals surface area contributed by atoms with Crippen LogP contribution in [-0.2, 0) is 19.2 Å². The number of aliphatic carboxylic acids is 2. The zero-order chi connectivity index (χ0) is 28.3. The molecule has 3 aromatic rings. The molecule has 0 aliphatic carbocycles. The summed E-state index contributed by atoms with van der Waals surface area (Å²) < 4.78 is 0. The summed E-state index contributed by atoms with van der Waals surface area (Å²) in [5.41, 5.74) is 1.21. The maximum Gasteiger partial charge on any atom is 0.325 e. The van der Waals surface area contributed by atoms with E-state index >= 15 is 0 Å². The lowest BCUT2D eigenvalue weighted by atomic mass is 9.77. The van der Waals surface area contributed by atoms with Gasteiger partial charge in [0, 0.05) is 24.8 Å². The Kier molecular flexibility index (Phi) is 7.48. The molecular formula is C31H29N3O6. The number of amides is 2. The van der Waals surface area contributed by atoms with E-state index in [0.29, 0.717) is 5.56 Å². The van der Waals surface area contributed by atoms with Gasteiger partial charge in [0.1, 0.15) is 5.54 Å². The number of benzene rings is 3. The maximum absolute atomic E-state index is 13.6. The zero-order valence-electron chi connectivity index (χ0n) is 21.6. The van der Waals surface area contributed by atoms with Gasteiger partial charge in [-0.25, -0.2) is 0 Å². The molecule has 0 bridgehead atoms. The van der Waals surface area contributed by atoms with Gasteiger partial charge in [-0.15, -0.1) is 0 Å². The molecule has 2 aliphatic heterocycles. The van der Waals surface area contributed by atoms with Gasteiger partial charge < -0.3 is 15.5 Å². The molecule has 0 aromatic heterocycles. The molecule has 4 unspecified atom stereocenters. The molecule has 2 heterocycles. The normalized spacial score (nSPS) is 23.9. The molecule has 5 rings (SSSR count). The van der Waals surface area contributed by atoms with E-state index in [-0.39, 0.29) is 13.1 Å². The number of fused-ring (bicyclic) bond motifs is 1. The molecular weight excluding hydrogens is 510 g/mol. The van der Waals surface area contributed by atoms with Crippen molar-refractivity contribution in [2.75, 3.05) is 18.4 Å². The standard InChI is InChI=1S/C31H29N3O6/c35-24(36)19-31(30(39)40)26-25(28(37)34(29(26)38)18-17-32-23-9-5-2-6-10-23)27(33-31)22-15-13-21(14-16-22)12-11-20-7-3-1-4-8-20/h1-16,25-27,32-33H,17-19H2,(H,35,36)(H,39,40)/b12-11+. The van der Waals surface area contributed by atoms with Gasteiger partial charge in [0.25, 0.3) is 0 Å². The summed E-state index contributed by atoms with van der Waals surface area (Å²) in [6.07, 6.45) is 3.05. The molecule has 0 radical (unpaired) electrons. The molecule has 4 atom stereocenters. The number of likely N-dealkylation sites (tertiary alicyclic amines) is 1. The molecule has 40 heavy (non-hydrogen) atoms. The summed E-state index contributed by atoms with van der Waals surface area (Å²) >= 11 is 0. The number of imide groups is 1. The second kappa shape index (κ2) is 11.2. The first kappa shape index (κ1) is 26.8. The van der Waals surface area contributed by atoms with Crippen LogP contribution in [0.15, 0.2) is 84.9 Å². The fourth-order valence-electron chi connectivity index (χ4n) is 5.68. The Hall–Kier alpha value is -4.76. The minimum Gasteiger partial charge on any atom is -0.481 e. The van der Waals surface area contributed by atoms with Crippen molar-refractivity contribution in [1.82, 2.24) is 10.2 Å². The summed E-state index contributed by atoms with van der Waals surface area (Å²) in [6.45, 7) is 0.290. The highest BCUT2D eigenvalue weighted by molar-refractivity contribution is 6.10. The van der Waals surface area contributed by atoms with Crippen LogP contribution in [-0.4, -0.2) is 57.5 Å². The van der Waals surface area contributed by atoms with E-state index in [2.05, 4.69) is 10.6 Å². The lowest BCUT2D eigenvalue weighted by Crippen LogP contribution is -2.57. The van der Waals surface area contributed by atoms with Gasteiger partial charge in [0.15, 0.2) is 0 Å². The Labute approximate surface area is 231 Å². The molecule has 2 aliphatic rings. The number of hydrogen-bond donors (Lipinski definition) is 4. The van der Waals surface area contributed by atoms with Gasteiger partial charge in [0.05, 0.1) is 18.3 Å². The highest BCUT2D eigenvalue weighted by Crippen LogP contribution is 2.50. The third kappa shape index (κ3) is 5.11. The largest absolute Gasteiger partial charge is 0.481 e. The molecule has 204 valence electrons. The van der Waals surface area contributed by atoms with Crippen molar-refractivity contribution in [2.45, 2.75) is 18.0 Å². The number of carboxylic acid groups (broad SMARTS) is 2. The summed E-state index contributed by atoms with van der Waals surface area (Å²) in [6, 6.07) is 25.4. The molecule has 0 spiro atoms. The molecule has 4 N–H and O–H groups in total. The first-order valence-corrected chi connectivity index (χ1v) is 13.0. The minimum atomic E-state index is -2.12. The van der Waals surface area contributed by atoms with Crippen molar-refractivity contribution in [3.63, 3.8) is 0 Å². The van der Waals surface area contributed by atoms with Crippen LogP contribution in [0.5, 0.6) is 0 Å². The number of nitrogens with one attached hydrogen (secondary N) is 2. The Balaban J connectivity index is 1.42. The Morgan fingerprint density at radius 1 is 0.850 bits per heavy atom. The summed E-state index contributed by atoms with van der Waals surface area (Å²) in [4.78, 5) is 52.6. The molecule has 0 saturated carbocycles. The van der Waals surface area contributed by atoms with Crippen LogP contribution in [0.3, 0.4) is 0 Å². The van der Waals surface area contributed by atoms with Crippen molar-refractivity contribution < 1.29 is 29.4 Å². The number of nitrogens with zero attached hydrogens (tertiary/aromatic N) is 1. The molecule has 9 heteroatoms. The molecule has 9 nitrogen and oxygen atoms in total. The maximum atomic E-state index is 13.6. The second-order valence-corrected chi connectivity index (χ2v) is 10.0. The number of hydrogen-bond acceptors (Lipinski definition) is 6. The third-order valence-corrected chi connectivity index (χ3v) is 7.56. The minimum absolute atomic E-state index is 0.0261. The number of carboxylic acids is 2. The first-order valence-electron chi connectivity index (χ1n) is 13.0. The van der Waals surface area contributed by atoms with Crippen molar-refractivity contribution >= 4 is 41.6 Å². The Morgan fingerprint density at radius 3 is 2.05 bits per heavy atom. The topological polar surface area (TPSA) is 136 Å². The number of carbonyl (C=O) groups excluding carboxylic acids is 2. The second-order valence-electron chi connectivity index (χ2n) is 10.0. The Morgan fingerprint density at radius 2 is 1.45 bits per heavy atom. The fraction of sp³-hybridized carbons (Fsp3) is 0.226. The van der Waals surface area contributed by atoms with Gasteiger partial charge in [-0.3, -0.25) is 29.4 Å². The number of para-hydroxylation sites is 1. The summed E-state index contributed by atoms with van der Waals surface area (Å²) in [5, 5.41) is 25.9. The van der Waals surface area contributed by atoms with E-state index < -0.39 is 53.6 Å². The van der Waals surface area contributed by atoms with Crippen molar-refractivity contribution in [2.24, 2.45) is 11.8 Å². The summed E-state index contributed by atoms with van der Waals surface area (Å²) in [7, 11) is 0. The highest BCUT2D eigenvalue weighted by atomic mass is 16.4. The van der Waals surface area contributed by atoms with E-state index in [1.807, 2.05) is 84.9 Å². The van der Waals surface area contributed by atoms with Crippen molar-refractivity contribution in [1.29, 1.82) is 0 Å². The number of rotatable bonds is 10. The van der Waals surface area contributed by atoms with E-state index in [0.717, 1.165) is 21.7 Å². The van der Waals surface area contributed by atoms with Crippen LogP contribution in [0.2, 0.25) is 0 Å². The molecule has 2 amide bonds. The van der Waals surface area contributed by atoms with E-state index in [1.165, 1.54) is 0 Å². The van der Waals surface area contributed by atoms with E-state index in [9.17, 15) is 29.4 Å². The first-order chi connectivity index (χ1) is 19.3. The Bertz CT molecular complexity index is 1440. The van der Waals surface area contributed by atoms with Gasteiger partial charge in [-0.05, 0) is 28.8 Å². The predicted molar refractivity (Wildman–Crippen MR) is 149 cm³/mol. The van der Waals surface area contributed by atoms with Gasteiger partial charge in [-0.1, -0.05) is 84.9 Å². The van der Waals surface area contributed by atoms with E-state index in [1.54, 1.807) is 12.1 Å². The third-order valence-electron chi connectivity index (χ3n) is 7.56. The average Bonchev–Trinajstić information content (AvgIpc) is 3.42. The zero-order valence-corrected chi connectivity index (χ0v) is 21.6. The quantitative estimate of drug-likeness (QED) is 0.227. The monoisotopic (exact) mass is 539 g/mol. The van der Waals surface area contributed by atoms with E-state index in [4.69, 9.17) is 0 Å². The smallest absolute Gasteiger partial charge is 0.325 e.